The van der Waals surface area contributed by atoms with Gasteiger partial charge in [-0.25, -0.2) is 5.84 Å². The topological polar surface area (TPSA) is 71.7 Å². The fraction of sp³-hybridized carbons (Fsp3) is 0.500. The molecule has 0 spiro atoms. The first-order valence-electron chi connectivity index (χ1n) is 6.63. The molecule has 1 aromatic rings. The molecule has 0 radical (unpaired) electrons. The first-order chi connectivity index (χ1) is 9.22. The number of anilines is 1. The summed E-state index contributed by atoms with van der Waals surface area (Å²) >= 11 is 0. The van der Waals surface area contributed by atoms with Crippen molar-refractivity contribution in [2.24, 2.45) is 16.8 Å². The number of hydrogen-bond acceptors (Lipinski definition) is 3. The Morgan fingerprint density at radius 2 is 2.05 bits per heavy atom. The van der Waals surface area contributed by atoms with Gasteiger partial charge in [-0.2, -0.15) is 0 Å². The van der Waals surface area contributed by atoms with Gasteiger partial charge in [-0.3, -0.25) is 10.4 Å². The number of nitrogens with one attached hydrogen (secondary N) is 2. The van der Waals surface area contributed by atoms with Crippen LogP contribution in [0.5, 0.6) is 0 Å². The number of aliphatic imine (C=N–C) groups is 1. The van der Waals surface area contributed by atoms with E-state index in [1.807, 2.05) is 30.3 Å². The average Bonchev–Trinajstić information content (AvgIpc) is 2.42. The van der Waals surface area contributed by atoms with Gasteiger partial charge in [-0.05, 0) is 24.5 Å². The number of benzene rings is 1. The molecule has 0 amide bonds. The van der Waals surface area contributed by atoms with Crippen molar-refractivity contribution in [1.29, 1.82) is 0 Å². The second-order valence-corrected chi connectivity index (χ2v) is 4.69. The summed E-state index contributed by atoms with van der Waals surface area (Å²) in [7, 11) is 0. The standard InChI is InChI=1S/C14H24N4O/c1-12(2)11-19-10-6-9-16-14(18-15)17-13-7-4-3-5-8-13/h3-5,7-8,12H,6,9-11,15H2,1-2H3,(H2,16,17,18). The first-order valence-corrected chi connectivity index (χ1v) is 6.63. The number of hydrogen-bond donors (Lipinski definition) is 3. The molecular formula is C14H24N4O. The van der Waals surface area contributed by atoms with Crippen molar-refractivity contribution >= 4 is 11.6 Å². The van der Waals surface area contributed by atoms with E-state index in [-0.39, 0.29) is 0 Å². The average molecular weight is 264 g/mol. The van der Waals surface area contributed by atoms with Crippen LogP contribution in [0.4, 0.5) is 5.69 Å². The van der Waals surface area contributed by atoms with E-state index >= 15 is 0 Å². The molecule has 1 rings (SSSR count). The highest BCUT2D eigenvalue weighted by molar-refractivity contribution is 5.93. The summed E-state index contributed by atoms with van der Waals surface area (Å²) in [5.74, 6) is 6.57. The van der Waals surface area contributed by atoms with E-state index in [1.54, 1.807) is 0 Å². The molecular weight excluding hydrogens is 240 g/mol. The number of nitrogens with zero attached hydrogens (tertiary/aromatic N) is 1. The van der Waals surface area contributed by atoms with E-state index in [9.17, 15) is 0 Å². The van der Waals surface area contributed by atoms with E-state index < -0.39 is 0 Å². The Bertz CT molecular complexity index is 365. The molecule has 0 aliphatic carbocycles. The zero-order chi connectivity index (χ0) is 13.9. The van der Waals surface area contributed by atoms with Gasteiger partial charge in [0.05, 0.1) is 0 Å². The normalized spacial score (nSPS) is 11.7. The first kappa shape index (κ1) is 15.5. The fourth-order valence-corrected chi connectivity index (χ4v) is 1.46. The number of para-hydroxylation sites is 1. The Balaban J connectivity index is 2.25. The SMILES string of the molecule is CC(C)COCCCN=C(NN)Nc1ccccc1. The molecule has 0 saturated heterocycles. The Morgan fingerprint density at radius 1 is 1.32 bits per heavy atom. The van der Waals surface area contributed by atoms with Crippen LogP contribution in [-0.2, 0) is 4.74 Å². The molecule has 4 N–H and O–H groups in total. The molecule has 0 unspecified atom stereocenters. The van der Waals surface area contributed by atoms with Gasteiger partial charge >= 0.3 is 0 Å². The minimum Gasteiger partial charge on any atom is -0.381 e. The number of nitrogens with two attached hydrogens (primary N) is 1. The van der Waals surface area contributed by atoms with E-state index in [4.69, 9.17) is 10.6 Å². The highest BCUT2D eigenvalue weighted by Crippen LogP contribution is 2.04. The third-order valence-corrected chi connectivity index (χ3v) is 2.34. The maximum atomic E-state index is 5.49. The minimum absolute atomic E-state index is 0.565. The maximum Gasteiger partial charge on any atom is 0.210 e. The number of guanidine groups is 1. The summed E-state index contributed by atoms with van der Waals surface area (Å²) in [6, 6.07) is 9.79. The Hall–Kier alpha value is -1.59. The van der Waals surface area contributed by atoms with Crippen LogP contribution in [0.2, 0.25) is 0 Å². The monoisotopic (exact) mass is 264 g/mol. The van der Waals surface area contributed by atoms with Crippen LogP contribution in [-0.4, -0.2) is 25.7 Å². The predicted molar refractivity (Wildman–Crippen MR) is 80.0 cm³/mol. The highest BCUT2D eigenvalue weighted by Gasteiger charge is 1.97. The lowest BCUT2D eigenvalue weighted by atomic mass is 10.2. The van der Waals surface area contributed by atoms with Gasteiger partial charge in [0.2, 0.25) is 5.96 Å². The fourth-order valence-electron chi connectivity index (χ4n) is 1.46. The lowest BCUT2D eigenvalue weighted by molar-refractivity contribution is 0.109. The van der Waals surface area contributed by atoms with Crippen LogP contribution >= 0.6 is 0 Å². The van der Waals surface area contributed by atoms with Crippen LogP contribution in [0.3, 0.4) is 0 Å². The van der Waals surface area contributed by atoms with Gasteiger partial charge in [0.1, 0.15) is 0 Å². The molecule has 0 aromatic heterocycles. The van der Waals surface area contributed by atoms with Gasteiger partial charge < -0.3 is 10.1 Å². The lowest BCUT2D eigenvalue weighted by Crippen LogP contribution is -2.36. The molecule has 0 atom stereocenters. The maximum absolute atomic E-state index is 5.49. The molecule has 106 valence electrons. The third kappa shape index (κ3) is 7.43. The zero-order valence-electron chi connectivity index (χ0n) is 11.7. The van der Waals surface area contributed by atoms with Gasteiger partial charge in [0.15, 0.2) is 0 Å². The van der Waals surface area contributed by atoms with Crippen molar-refractivity contribution in [3.8, 4) is 0 Å². The van der Waals surface area contributed by atoms with E-state index in [1.165, 1.54) is 0 Å². The molecule has 0 aliphatic rings. The second-order valence-electron chi connectivity index (χ2n) is 4.69. The number of ether oxygens (including phenoxy) is 1. The number of rotatable bonds is 7. The van der Waals surface area contributed by atoms with Crippen molar-refractivity contribution in [2.75, 3.05) is 25.1 Å². The predicted octanol–water partition coefficient (Wildman–Crippen LogP) is 1.98. The Morgan fingerprint density at radius 3 is 2.68 bits per heavy atom. The molecule has 0 fully saturated rings. The molecule has 0 aliphatic heterocycles. The molecule has 19 heavy (non-hydrogen) atoms. The van der Waals surface area contributed by atoms with Crippen LogP contribution in [0.25, 0.3) is 0 Å². The Labute approximate surface area is 115 Å². The quantitative estimate of drug-likeness (QED) is 0.231. The van der Waals surface area contributed by atoms with Crippen molar-refractivity contribution < 1.29 is 4.74 Å². The van der Waals surface area contributed by atoms with E-state index in [2.05, 4.69) is 29.6 Å². The van der Waals surface area contributed by atoms with E-state index in [0.29, 0.717) is 18.4 Å². The van der Waals surface area contributed by atoms with Gasteiger partial charge in [-0.1, -0.05) is 32.0 Å². The summed E-state index contributed by atoms with van der Waals surface area (Å²) in [4.78, 5) is 4.34. The van der Waals surface area contributed by atoms with Crippen molar-refractivity contribution in [1.82, 2.24) is 5.43 Å². The molecule has 5 nitrogen and oxygen atoms in total. The largest absolute Gasteiger partial charge is 0.381 e. The van der Waals surface area contributed by atoms with Crippen molar-refractivity contribution in [3.05, 3.63) is 30.3 Å². The summed E-state index contributed by atoms with van der Waals surface area (Å²) in [6.45, 7) is 6.48. The van der Waals surface area contributed by atoms with E-state index in [0.717, 1.165) is 25.3 Å². The summed E-state index contributed by atoms with van der Waals surface area (Å²) in [5, 5.41) is 3.11. The van der Waals surface area contributed by atoms with Crippen molar-refractivity contribution in [2.45, 2.75) is 20.3 Å². The molecule has 0 saturated carbocycles. The van der Waals surface area contributed by atoms with Gasteiger partial charge in [0, 0.05) is 25.4 Å². The minimum atomic E-state index is 0.565. The summed E-state index contributed by atoms with van der Waals surface area (Å²) in [5.41, 5.74) is 3.51. The Kier molecular flexibility index (Phi) is 7.62. The van der Waals surface area contributed by atoms with Gasteiger partial charge in [-0.15, -0.1) is 0 Å². The van der Waals surface area contributed by atoms with Crippen molar-refractivity contribution in [3.63, 3.8) is 0 Å². The lowest BCUT2D eigenvalue weighted by Gasteiger charge is -2.09. The van der Waals surface area contributed by atoms with Crippen LogP contribution in [0, 0.1) is 5.92 Å². The summed E-state index contributed by atoms with van der Waals surface area (Å²) in [6.07, 6.45) is 0.883. The summed E-state index contributed by atoms with van der Waals surface area (Å²) < 4.78 is 5.49. The molecule has 1 aromatic carbocycles. The van der Waals surface area contributed by atoms with Crippen LogP contribution in [0.15, 0.2) is 35.3 Å². The molecule has 0 heterocycles. The zero-order valence-corrected chi connectivity index (χ0v) is 11.7. The number of hydrazine groups is 1. The third-order valence-electron chi connectivity index (χ3n) is 2.34. The second kappa shape index (κ2) is 9.35. The molecule has 5 heteroatoms. The molecule has 0 bridgehead atoms. The van der Waals surface area contributed by atoms with Gasteiger partial charge in [0.25, 0.3) is 0 Å². The highest BCUT2D eigenvalue weighted by atomic mass is 16.5. The smallest absolute Gasteiger partial charge is 0.210 e. The van der Waals surface area contributed by atoms with Crippen LogP contribution < -0.4 is 16.6 Å². The van der Waals surface area contributed by atoms with Crippen LogP contribution in [0.1, 0.15) is 20.3 Å².